The fraction of sp³-hybridized carbons (Fsp3) is 0.515. The zero-order valence-corrected chi connectivity index (χ0v) is 26.1. The van der Waals surface area contributed by atoms with Crippen LogP contribution in [0.2, 0.25) is 0 Å². The van der Waals surface area contributed by atoms with E-state index in [0.717, 1.165) is 24.2 Å². The lowest BCUT2D eigenvalue weighted by molar-refractivity contribution is -0.116. The molecular formula is C33H51N3O6. The first kappa shape index (κ1) is 36.8. The molecule has 1 amide bonds. The maximum Gasteiger partial charge on any atom is 0.224 e. The molecule has 0 aliphatic heterocycles. The quantitative estimate of drug-likeness (QED) is 0.128. The Morgan fingerprint density at radius 1 is 0.905 bits per heavy atom. The second-order valence-corrected chi connectivity index (χ2v) is 10.7. The standard InChI is InChI=1S/C18H28N2O4.C15H23NO2/c1-5-6-18(23)20-14-7-8-17(16(9-14)13(4)21)24-11-15(22)10-19-12(2)3;1-4-7-13-8-5-6-9-15(13)18-11-14(17)10-16-12(2)3/h7-9,12,15,19,22H,5-6,10-11H2,1-4H3,(H,20,23);4-6,8-9,12,14,16-17H,1,7,10-11H2,2-3H3. The van der Waals surface area contributed by atoms with Crippen molar-refractivity contribution in [3.05, 3.63) is 66.2 Å². The molecule has 0 aliphatic carbocycles. The second-order valence-electron chi connectivity index (χ2n) is 10.7. The summed E-state index contributed by atoms with van der Waals surface area (Å²) in [6, 6.07) is 13.4. The van der Waals surface area contributed by atoms with Crippen molar-refractivity contribution >= 4 is 17.4 Å². The van der Waals surface area contributed by atoms with Crippen molar-refractivity contribution in [3.8, 4) is 11.5 Å². The molecule has 0 spiro atoms. The lowest BCUT2D eigenvalue weighted by Crippen LogP contribution is -2.35. The molecule has 0 saturated heterocycles. The van der Waals surface area contributed by atoms with Gasteiger partial charge in [0.05, 0.1) is 5.56 Å². The van der Waals surface area contributed by atoms with E-state index in [9.17, 15) is 19.8 Å². The summed E-state index contributed by atoms with van der Waals surface area (Å²) in [5.74, 6) is 0.975. The highest BCUT2D eigenvalue weighted by Gasteiger charge is 2.13. The fourth-order valence-corrected chi connectivity index (χ4v) is 3.66. The van der Waals surface area contributed by atoms with E-state index in [-0.39, 0.29) is 24.3 Å². The summed E-state index contributed by atoms with van der Waals surface area (Å²) >= 11 is 0. The number of rotatable bonds is 18. The minimum Gasteiger partial charge on any atom is -0.491 e. The molecule has 42 heavy (non-hydrogen) atoms. The molecule has 5 N–H and O–H groups in total. The topological polar surface area (TPSA) is 129 Å². The van der Waals surface area contributed by atoms with Gasteiger partial charge in [0.15, 0.2) is 5.78 Å². The van der Waals surface area contributed by atoms with Crippen LogP contribution in [0.5, 0.6) is 11.5 Å². The Balaban J connectivity index is 0.000000437. The number of anilines is 1. The minimum atomic E-state index is -0.670. The van der Waals surface area contributed by atoms with Crippen LogP contribution in [-0.4, -0.2) is 72.5 Å². The molecule has 234 valence electrons. The van der Waals surface area contributed by atoms with Gasteiger partial charge in [-0.05, 0) is 49.6 Å². The first-order valence-corrected chi connectivity index (χ1v) is 14.7. The van der Waals surface area contributed by atoms with Gasteiger partial charge < -0.3 is 35.6 Å². The molecule has 2 atom stereocenters. The molecule has 2 aromatic rings. The van der Waals surface area contributed by atoms with Crippen molar-refractivity contribution in [3.63, 3.8) is 0 Å². The second kappa shape index (κ2) is 20.6. The summed E-state index contributed by atoms with van der Waals surface area (Å²) in [7, 11) is 0. The van der Waals surface area contributed by atoms with Crippen LogP contribution in [0, 0.1) is 0 Å². The normalized spacial score (nSPS) is 12.2. The van der Waals surface area contributed by atoms with E-state index in [0.29, 0.717) is 49.2 Å². The van der Waals surface area contributed by atoms with E-state index >= 15 is 0 Å². The highest BCUT2D eigenvalue weighted by molar-refractivity contribution is 5.99. The van der Waals surface area contributed by atoms with Crippen LogP contribution in [0.25, 0.3) is 0 Å². The van der Waals surface area contributed by atoms with Gasteiger partial charge in [-0.25, -0.2) is 0 Å². The first-order valence-electron chi connectivity index (χ1n) is 14.7. The van der Waals surface area contributed by atoms with Crippen LogP contribution in [0.4, 0.5) is 5.69 Å². The summed E-state index contributed by atoms with van der Waals surface area (Å²) in [6.07, 6.45) is 2.65. The van der Waals surface area contributed by atoms with Crippen LogP contribution in [-0.2, 0) is 11.2 Å². The summed E-state index contributed by atoms with van der Waals surface area (Å²) in [4.78, 5) is 23.5. The molecule has 2 aromatic carbocycles. The molecule has 9 heteroatoms. The average molecular weight is 586 g/mol. The van der Waals surface area contributed by atoms with E-state index in [1.807, 2.05) is 65.0 Å². The van der Waals surface area contributed by atoms with Gasteiger partial charge in [0.1, 0.15) is 36.9 Å². The molecule has 0 saturated carbocycles. The Labute approximate surface area is 251 Å². The minimum absolute atomic E-state index is 0.0849. The number of allylic oxidation sites excluding steroid dienone is 1. The molecule has 0 fully saturated rings. The smallest absolute Gasteiger partial charge is 0.224 e. The number of ether oxygens (including phenoxy) is 2. The van der Waals surface area contributed by atoms with Gasteiger partial charge in [-0.3, -0.25) is 9.59 Å². The van der Waals surface area contributed by atoms with E-state index < -0.39 is 12.2 Å². The van der Waals surface area contributed by atoms with Crippen molar-refractivity contribution in [2.45, 2.75) is 85.1 Å². The van der Waals surface area contributed by atoms with Crippen LogP contribution < -0.4 is 25.4 Å². The summed E-state index contributed by atoms with van der Waals surface area (Å²) in [5, 5.41) is 28.7. The van der Waals surface area contributed by atoms with E-state index in [1.54, 1.807) is 18.2 Å². The Hall–Kier alpha value is -3.24. The number of hydrogen-bond acceptors (Lipinski definition) is 8. The van der Waals surface area contributed by atoms with Crippen molar-refractivity contribution in [2.24, 2.45) is 0 Å². The predicted molar refractivity (Wildman–Crippen MR) is 170 cm³/mol. The number of aliphatic hydroxyl groups is 2. The number of benzene rings is 2. The highest BCUT2D eigenvalue weighted by atomic mass is 16.5. The van der Waals surface area contributed by atoms with Crippen molar-refractivity contribution in [1.82, 2.24) is 10.6 Å². The van der Waals surface area contributed by atoms with E-state index in [2.05, 4.69) is 22.5 Å². The Bertz CT molecular complexity index is 1090. The largest absolute Gasteiger partial charge is 0.491 e. The number of Topliss-reactive ketones (excluding diaryl/α,β-unsaturated/α-hetero) is 1. The summed E-state index contributed by atoms with van der Waals surface area (Å²) in [6.45, 7) is 16.5. The Morgan fingerprint density at radius 3 is 2.00 bits per heavy atom. The van der Waals surface area contributed by atoms with Gasteiger partial charge in [-0.2, -0.15) is 0 Å². The van der Waals surface area contributed by atoms with Gasteiger partial charge in [-0.15, -0.1) is 6.58 Å². The average Bonchev–Trinajstić information content (AvgIpc) is 2.94. The highest BCUT2D eigenvalue weighted by Crippen LogP contribution is 2.24. The third-order valence-electron chi connectivity index (χ3n) is 5.84. The fourth-order valence-electron chi connectivity index (χ4n) is 3.66. The third-order valence-corrected chi connectivity index (χ3v) is 5.84. The van der Waals surface area contributed by atoms with Gasteiger partial charge in [0.25, 0.3) is 0 Å². The molecule has 0 bridgehead atoms. The number of para-hydroxylation sites is 1. The molecular weight excluding hydrogens is 534 g/mol. The van der Waals surface area contributed by atoms with Crippen LogP contribution in [0.1, 0.15) is 70.3 Å². The molecule has 0 aromatic heterocycles. The van der Waals surface area contributed by atoms with Crippen molar-refractivity contribution < 1.29 is 29.3 Å². The number of carbonyl (C=O) groups excluding carboxylic acids is 2. The van der Waals surface area contributed by atoms with E-state index in [1.165, 1.54) is 6.92 Å². The molecule has 9 nitrogen and oxygen atoms in total. The lowest BCUT2D eigenvalue weighted by atomic mass is 10.1. The molecule has 2 unspecified atom stereocenters. The SMILES string of the molecule is C=CCc1ccccc1OCC(O)CNC(C)C.CCCC(=O)Nc1ccc(OCC(O)CNC(C)C)c(C(C)=O)c1. The lowest BCUT2D eigenvalue weighted by Gasteiger charge is -2.17. The molecule has 0 aliphatic rings. The molecule has 0 radical (unpaired) electrons. The number of hydrogen-bond donors (Lipinski definition) is 5. The van der Waals surface area contributed by atoms with Crippen LogP contribution in [0.15, 0.2) is 55.1 Å². The van der Waals surface area contributed by atoms with Gasteiger partial charge in [0.2, 0.25) is 5.91 Å². The maximum atomic E-state index is 11.8. The summed E-state index contributed by atoms with van der Waals surface area (Å²) < 4.78 is 11.2. The number of carbonyl (C=O) groups is 2. The monoisotopic (exact) mass is 585 g/mol. The van der Waals surface area contributed by atoms with Gasteiger partial charge in [0, 0.05) is 37.3 Å². The Morgan fingerprint density at radius 2 is 1.48 bits per heavy atom. The predicted octanol–water partition coefficient (Wildman–Crippen LogP) is 4.52. The van der Waals surface area contributed by atoms with Crippen LogP contribution >= 0.6 is 0 Å². The summed E-state index contributed by atoms with van der Waals surface area (Å²) in [5.41, 5.74) is 2.04. The van der Waals surface area contributed by atoms with Crippen molar-refractivity contribution in [1.29, 1.82) is 0 Å². The number of ketones is 1. The van der Waals surface area contributed by atoms with Gasteiger partial charge >= 0.3 is 0 Å². The maximum absolute atomic E-state index is 11.8. The molecule has 2 rings (SSSR count). The number of aliphatic hydroxyl groups excluding tert-OH is 2. The first-order chi connectivity index (χ1) is 20.0. The molecule has 0 heterocycles. The third kappa shape index (κ3) is 15.7. The van der Waals surface area contributed by atoms with Crippen LogP contribution in [0.3, 0.4) is 0 Å². The number of amides is 1. The Kier molecular flexibility index (Phi) is 18.0. The zero-order chi connectivity index (χ0) is 31.5. The van der Waals surface area contributed by atoms with Crippen molar-refractivity contribution in [2.75, 3.05) is 31.6 Å². The zero-order valence-electron chi connectivity index (χ0n) is 26.1. The van der Waals surface area contributed by atoms with E-state index in [4.69, 9.17) is 9.47 Å². The van der Waals surface area contributed by atoms with Gasteiger partial charge in [-0.1, -0.05) is 58.9 Å². The number of nitrogens with one attached hydrogen (secondary N) is 3.